The molecule has 0 radical (unpaired) electrons. The van der Waals surface area contributed by atoms with Gasteiger partial charge in [0.25, 0.3) is 5.91 Å². The SMILES string of the molecule is CC(c1ncccn1)N(Cc1ccc(C(F)(F)F)cn1)C(=O)c1ccc2nc(N)c3c(c2c1)OCC3. The number of halogens is 3. The monoisotopic (exact) mass is 494 g/mol. The van der Waals surface area contributed by atoms with Gasteiger partial charge in [-0.15, -0.1) is 0 Å². The van der Waals surface area contributed by atoms with Gasteiger partial charge in [0.2, 0.25) is 0 Å². The lowest BCUT2D eigenvalue weighted by atomic mass is 10.0. The number of ether oxygens (including phenoxy) is 1. The summed E-state index contributed by atoms with van der Waals surface area (Å²) >= 11 is 0. The highest BCUT2D eigenvalue weighted by Crippen LogP contribution is 2.37. The van der Waals surface area contributed by atoms with Crippen LogP contribution in [0.2, 0.25) is 0 Å². The lowest BCUT2D eigenvalue weighted by Gasteiger charge is -2.28. The van der Waals surface area contributed by atoms with Gasteiger partial charge in [-0.25, -0.2) is 15.0 Å². The number of nitrogens with two attached hydrogens (primary N) is 1. The van der Waals surface area contributed by atoms with E-state index >= 15 is 0 Å². The van der Waals surface area contributed by atoms with Gasteiger partial charge in [-0.1, -0.05) is 0 Å². The number of pyridine rings is 2. The number of benzene rings is 1. The third kappa shape index (κ3) is 4.39. The van der Waals surface area contributed by atoms with Gasteiger partial charge in [-0.2, -0.15) is 13.2 Å². The number of aromatic nitrogens is 4. The molecule has 5 rings (SSSR count). The zero-order chi connectivity index (χ0) is 25.4. The number of rotatable bonds is 5. The lowest BCUT2D eigenvalue weighted by Crippen LogP contribution is -2.34. The maximum atomic E-state index is 13.8. The molecule has 4 aromatic rings. The summed E-state index contributed by atoms with van der Waals surface area (Å²) in [4.78, 5) is 32.1. The molecule has 0 saturated heterocycles. The smallest absolute Gasteiger partial charge is 0.417 e. The lowest BCUT2D eigenvalue weighted by molar-refractivity contribution is -0.137. The zero-order valence-electron chi connectivity index (χ0n) is 19.2. The number of hydrogen-bond donors (Lipinski definition) is 1. The quantitative estimate of drug-likeness (QED) is 0.439. The Labute approximate surface area is 204 Å². The van der Waals surface area contributed by atoms with Crippen molar-refractivity contribution < 1.29 is 22.7 Å². The van der Waals surface area contributed by atoms with E-state index in [-0.39, 0.29) is 12.5 Å². The summed E-state index contributed by atoms with van der Waals surface area (Å²) in [5, 5.41) is 0.666. The second-order valence-corrected chi connectivity index (χ2v) is 8.39. The van der Waals surface area contributed by atoms with Crippen molar-refractivity contribution in [2.75, 3.05) is 12.3 Å². The van der Waals surface area contributed by atoms with E-state index in [9.17, 15) is 18.0 Å². The minimum atomic E-state index is -4.50. The first-order valence-corrected chi connectivity index (χ1v) is 11.2. The molecule has 0 aliphatic carbocycles. The molecule has 2 N–H and O–H groups in total. The van der Waals surface area contributed by atoms with Gasteiger partial charge >= 0.3 is 6.18 Å². The van der Waals surface area contributed by atoms with Crippen LogP contribution in [0.3, 0.4) is 0 Å². The maximum absolute atomic E-state index is 13.8. The third-order valence-electron chi connectivity index (χ3n) is 6.08. The van der Waals surface area contributed by atoms with E-state index in [0.717, 1.165) is 17.8 Å². The summed E-state index contributed by atoms with van der Waals surface area (Å²) in [6.45, 7) is 2.18. The van der Waals surface area contributed by atoms with E-state index in [4.69, 9.17) is 10.5 Å². The standard InChI is InChI=1S/C25H21F3N6O2/c1-14(23-30-8-2-9-31-23)34(13-17-5-4-16(12-32-17)25(26,27)28)24(35)15-3-6-20-19(11-15)21-18(7-10-36-21)22(29)33-20/h2-6,8-9,11-12,14H,7,10,13H2,1H3,(H2,29,33). The molecule has 1 atom stereocenters. The Hall–Kier alpha value is -4.28. The van der Waals surface area contributed by atoms with Gasteiger partial charge in [0.05, 0.1) is 36.0 Å². The summed E-state index contributed by atoms with van der Waals surface area (Å²) in [6, 6.07) is 8.29. The molecular weight excluding hydrogens is 473 g/mol. The maximum Gasteiger partial charge on any atom is 0.417 e. The highest BCUT2D eigenvalue weighted by molar-refractivity contribution is 6.00. The van der Waals surface area contributed by atoms with Gasteiger partial charge < -0.3 is 15.4 Å². The van der Waals surface area contributed by atoms with Crippen LogP contribution in [-0.2, 0) is 19.1 Å². The molecule has 1 aliphatic rings. The first-order chi connectivity index (χ1) is 17.2. The Kier molecular flexibility index (Phi) is 5.91. The molecule has 0 bridgehead atoms. The fourth-order valence-corrected chi connectivity index (χ4v) is 4.16. The van der Waals surface area contributed by atoms with Crippen LogP contribution >= 0.6 is 0 Å². The van der Waals surface area contributed by atoms with Crippen LogP contribution < -0.4 is 10.5 Å². The van der Waals surface area contributed by atoms with Gasteiger partial charge in [-0.05, 0) is 43.3 Å². The number of alkyl halides is 3. The molecule has 0 saturated carbocycles. The van der Waals surface area contributed by atoms with E-state index < -0.39 is 17.8 Å². The topological polar surface area (TPSA) is 107 Å². The Balaban J connectivity index is 1.53. The molecule has 1 amide bonds. The third-order valence-corrected chi connectivity index (χ3v) is 6.08. The fourth-order valence-electron chi connectivity index (χ4n) is 4.16. The summed E-state index contributed by atoms with van der Waals surface area (Å²) < 4.78 is 44.7. The van der Waals surface area contributed by atoms with E-state index in [1.165, 1.54) is 11.0 Å². The molecule has 1 unspecified atom stereocenters. The van der Waals surface area contributed by atoms with Gasteiger partial charge in [-0.3, -0.25) is 9.78 Å². The van der Waals surface area contributed by atoms with Crippen LogP contribution in [-0.4, -0.2) is 37.3 Å². The predicted octanol–water partition coefficient (Wildman–Crippen LogP) is 4.36. The number of amides is 1. The summed E-state index contributed by atoms with van der Waals surface area (Å²) in [6.07, 6.45) is 0.0110. The second-order valence-electron chi connectivity index (χ2n) is 8.39. The molecule has 11 heteroatoms. The van der Waals surface area contributed by atoms with Crippen molar-refractivity contribution in [1.29, 1.82) is 0 Å². The van der Waals surface area contributed by atoms with Gasteiger partial charge in [0.1, 0.15) is 17.4 Å². The van der Waals surface area contributed by atoms with Crippen molar-refractivity contribution in [2.45, 2.75) is 32.1 Å². The highest BCUT2D eigenvalue weighted by Gasteiger charge is 2.31. The largest absolute Gasteiger partial charge is 0.492 e. The molecule has 0 fully saturated rings. The van der Waals surface area contributed by atoms with Gasteiger partial charge in [0.15, 0.2) is 0 Å². The summed E-state index contributed by atoms with van der Waals surface area (Å²) in [7, 11) is 0. The number of carbonyl (C=O) groups excluding carboxylic acids is 1. The Morgan fingerprint density at radius 1 is 1.17 bits per heavy atom. The highest BCUT2D eigenvalue weighted by atomic mass is 19.4. The van der Waals surface area contributed by atoms with Crippen molar-refractivity contribution in [3.8, 4) is 5.75 Å². The van der Waals surface area contributed by atoms with Crippen LogP contribution in [0.15, 0.2) is 55.0 Å². The van der Waals surface area contributed by atoms with Crippen molar-refractivity contribution in [3.63, 3.8) is 0 Å². The first-order valence-electron chi connectivity index (χ1n) is 11.2. The van der Waals surface area contributed by atoms with E-state index in [1.54, 1.807) is 43.6 Å². The molecule has 184 valence electrons. The molecule has 1 aliphatic heterocycles. The number of fused-ring (bicyclic) bond motifs is 3. The van der Waals surface area contributed by atoms with Gasteiger partial charge in [0, 0.05) is 41.5 Å². The first kappa shape index (κ1) is 23.5. The van der Waals surface area contributed by atoms with Crippen LogP contribution in [0, 0.1) is 0 Å². The molecule has 4 heterocycles. The molecule has 1 aromatic carbocycles. The Morgan fingerprint density at radius 3 is 2.64 bits per heavy atom. The summed E-state index contributed by atoms with van der Waals surface area (Å²) in [5.41, 5.74) is 7.24. The zero-order valence-corrected chi connectivity index (χ0v) is 19.2. The van der Waals surface area contributed by atoms with Crippen LogP contribution in [0.25, 0.3) is 10.9 Å². The van der Waals surface area contributed by atoms with Crippen molar-refractivity contribution in [1.82, 2.24) is 24.8 Å². The molecule has 3 aromatic heterocycles. The molecule has 8 nitrogen and oxygen atoms in total. The average Bonchev–Trinajstić information content (AvgIpc) is 3.38. The number of hydrogen-bond acceptors (Lipinski definition) is 7. The van der Waals surface area contributed by atoms with E-state index in [2.05, 4.69) is 19.9 Å². The van der Waals surface area contributed by atoms with Crippen LogP contribution in [0.1, 0.15) is 46.0 Å². The number of carbonyl (C=O) groups is 1. The Bertz CT molecular complexity index is 1430. The number of nitrogens with zero attached hydrogens (tertiary/aromatic N) is 5. The minimum absolute atomic E-state index is 0.0526. The van der Waals surface area contributed by atoms with Crippen molar-refractivity contribution in [2.24, 2.45) is 0 Å². The number of nitrogen functional groups attached to an aromatic ring is 1. The minimum Gasteiger partial charge on any atom is -0.492 e. The molecule has 0 spiro atoms. The summed E-state index contributed by atoms with van der Waals surface area (Å²) in [5.74, 6) is 1.03. The average molecular weight is 494 g/mol. The molecular formula is C25H21F3N6O2. The molecule has 36 heavy (non-hydrogen) atoms. The predicted molar refractivity (Wildman–Crippen MR) is 125 cm³/mol. The number of anilines is 1. The van der Waals surface area contributed by atoms with Crippen molar-refractivity contribution in [3.05, 3.63) is 83.2 Å². The fraction of sp³-hybridized carbons (Fsp3) is 0.240. The normalized spacial score (nSPS) is 13.8. The van der Waals surface area contributed by atoms with Crippen molar-refractivity contribution >= 4 is 22.6 Å². The second kappa shape index (κ2) is 9.06. The Morgan fingerprint density at radius 2 is 1.94 bits per heavy atom. The van der Waals surface area contributed by atoms with E-state index in [0.29, 0.717) is 52.6 Å². The van der Waals surface area contributed by atoms with Crippen LogP contribution in [0.4, 0.5) is 19.0 Å². The van der Waals surface area contributed by atoms with E-state index in [1.807, 2.05) is 0 Å². The van der Waals surface area contributed by atoms with Crippen LogP contribution in [0.5, 0.6) is 5.75 Å².